The van der Waals surface area contributed by atoms with Gasteiger partial charge in [0.2, 0.25) is 0 Å². The van der Waals surface area contributed by atoms with Crippen LogP contribution in [-0.2, 0) is 9.98 Å². The standard InChI is InChI=1S/C62H41N2O2P/c1-63-49-32-36-59-55(42-49)54-39-44(29-35-58(54)64(59)50-21-11-4-12-22-50)46-31-38-61-57(41-46)62(47-17-7-2-8-18-47,48-19-9-3-10-20-48)56-40-45(30-37-60(56)66-61)43-27-33-53(34-28-43)67(65,51-23-13-5-14-24-51)52-25-15-6-16-26-52/h2-42H. The van der Waals surface area contributed by atoms with Crippen LogP contribution in [0.15, 0.2) is 249 Å². The highest BCUT2D eigenvalue weighted by Gasteiger charge is 2.46. The van der Waals surface area contributed by atoms with Gasteiger partial charge in [0, 0.05) is 38.1 Å². The molecule has 0 spiro atoms. The normalized spacial score (nSPS) is 12.8. The second kappa shape index (κ2) is 16.2. The highest BCUT2D eigenvalue weighted by atomic mass is 31.2. The quantitative estimate of drug-likeness (QED) is 0.113. The second-order valence-electron chi connectivity index (χ2n) is 17.0. The molecule has 316 valence electrons. The van der Waals surface area contributed by atoms with Crippen molar-refractivity contribution in [3.8, 4) is 39.4 Å². The number of ether oxygens (including phenoxy) is 1. The van der Waals surface area contributed by atoms with Gasteiger partial charge in [0.1, 0.15) is 11.5 Å². The lowest BCUT2D eigenvalue weighted by atomic mass is 9.63. The molecule has 2 heterocycles. The Bertz CT molecular complexity index is 3650. The number of aromatic nitrogens is 1. The van der Waals surface area contributed by atoms with E-state index >= 15 is 4.57 Å². The molecule has 1 aromatic heterocycles. The van der Waals surface area contributed by atoms with Crippen LogP contribution >= 0.6 is 7.14 Å². The predicted octanol–water partition coefficient (Wildman–Crippen LogP) is 14.8. The lowest BCUT2D eigenvalue weighted by Crippen LogP contribution is -2.34. The van der Waals surface area contributed by atoms with E-state index in [9.17, 15) is 0 Å². The smallest absolute Gasteiger partial charge is 0.188 e. The van der Waals surface area contributed by atoms with Crippen LogP contribution in [0.3, 0.4) is 0 Å². The van der Waals surface area contributed by atoms with E-state index in [4.69, 9.17) is 11.3 Å². The molecule has 0 aliphatic carbocycles. The summed E-state index contributed by atoms with van der Waals surface area (Å²) in [6, 6.07) is 85.6. The van der Waals surface area contributed by atoms with Crippen molar-refractivity contribution in [1.29, 1.82) is 0 Å². The van der Waals surface area contributed by atoms with Crippen LogP contribution in [0.1, 0.15) is 22.3 Å². The number of rotatable bonds is 8. The molecule has 0 radical (unpaired) electrons. The first kappa shape index (κ1) is 40.1. The maximum absolute atomic E-state index is 15.3. The second-order valence-corrected chi connectivity index (χ2v) is 19.8. The summed E-state index contributed by atoms with van der Waals surface area (Å²) >= 11 is 0. The van der Waals surface area contributed by atoms with Gasteiger partial charge in [0.25, 0.3) is 0 Å². The van der Waals surface area contributed by atoms with Gasteiger partial charge in [-0.2, -0.15) is 0 Å². The van der Waals surface area contributed by atoms with E-state index in [-0.39, 0.29) is 0 Å². The van der Waals surface area contributed by atoms with Gasteiger partial charge in [-0.3, -0.25) is 0 Å². The van der Waals surface area contributed by atoms with E-state index in [1.807, 2.05) is 91.0 Å². The number of para-hydroxylation sites is 1. The molecule has 0 N–H and O–H groups in total. The number of benzene rings is 10. The summed E-state index contributed by atoms with van der Waals surface area (Å²) in [6.07, 6.45) is 0. The zero-order chi connectivity index (χ0) is 45.0. The molecular formula is C62H41N2O2P. The van der Waals surface area contributed by atoms with E-state index in [1.165, 1.54) is 0 Å². The average Bonchev–Trinajstić information content (AvgIpc) is 3.74. The fourth-order valence-corrected chi connectivity index (χ4v) is 13.0. The van der Waals surface area contributed by atoms with Gasteiger partial charge in [-0.25, -0.2) is 4.85 Å². The zero-order valence-electron chi connectivity index (χ0n) is 36.3. The SMILES string of the molecule is [C-]#[N+]c1ccc2c(c1)c1cc(-c3ccc4c(c3)C(c3ccccc3)(c3ccccc3)c3cc(-c5ccc(P(=O)(c6ccccc6)c6ccccc6)cc5)ccc3O4)ccc1n2-c1ccccc1. The van der Waals surface area contributed by atoms with Crippen molar-refractivity contribution in [3.63, 3.8) is 0 Å². The fourth-order valence-electron chi connectivity index (χ4n) is 10.3. The van der Waals surface area contributed by atoms with Gasteiger partial charge in [0.15, 0.2) is 12.8 Å². The molecule has 0 unspecified atom stereocenters. The lowest BCUT2D eigenvalue weighted by molar-refractivity contribution is 0.435. The van der Waals surface area contributed by atoms with E-state index in [0.29, 0.717) is 5.69 Å². The number of fused-ring (bicyclic) bond motifs is 5. The van der Waals surface area contributed by atoms with Gasteiger partial charge >= 0.3 is 0 Å². The summed E-state index contributed by atoms with van der Waals surface area (Å²) in [7, 11) is -3.15. The Labute approximate surface area is 389 Å². The molecule has 0 saturated heterocycles. The third kappa shape index (κ3) is 6.47. The molecule has 1 aliphatic heterocycles. The molecule has 10 aromatic carbocycles. The molecule has 1 aliphatic rings. The Morgan fingerprint density at radius 3 is 1.37 bits per heavy atom. The van der Waals surface area contributed by atoms with Crippen molar-refractivity contribution in [1.82, 2.24) is 4.57 Å². The third-order valence-electron chi connectivity index (χ3n) is 13.4. The largest absolute Gasteiger partial charge is 0.457 e. The van der Waals surface area contributed by atoms with Crippen LogP contribution in [-0.4, -0.2) is 4.57 Å². The molecule has 0 atom stereocenters. The van der Waals surface area contributed by atoms with Crippen molar-refractivity contribution >= 4 is 50.5 Å². The van der Waals surface area contributed by atoms with Crippen LogP contribution in [0.4, 0.5) is 5.69 Å². The van der Waals surface area contributed by atoms with Crippen molar-refractivity contribution in [2.75, 3.05) is 0 Å². The van der Waals surface area contributed by atoms with Crippen LogP contribution in [0.25, 0.3) is 54.6 Å². The van der Waals surface area contributed by atoms with Crippen LogP contribution in [0, 0.1) is 6.57 Å². The minimum absolute atomic E-state index is 0.611. The first-order chi connectivity index (χ1) is 33.0. The van der Waals surface area contributed by atoms with Crippen LogP contribution in [0.2, 0.25) is 0 Å². The number of hydrogen-bond acceptors (Lipinski definition) is 2. The van der Waals surface area contributed by atoms with Gasteiger partial charge < -0.3 is 13.9 Å². The Morgan fingerprint density at radius 2 is 0.836 bits per heavy atom. The summed E-state index contributed by atoms with van der Waals surface area (Å²) in [5, 5.41) is 4.52. The molecule has 4 nitrogen and oxygen atoms in total. The van der Waals surface area contributed by atoms with Crippen molar-refractivity contribution in [2.24, 2.45) is 0 Å². The molecule has 12 rings (SSSR count). The molecule has 67 heavy (non-hydrogen) atoms. The monoisotopic (exact) mass is 876 g/mol. The number of hydrogen-bond donors (Lipinski definition) is 0. The van der Waals surface area contributed by atoms with Crippen LogP contribution in [0.5, 0.6) is 11.5 Å². The summed E-state index contributed by atoms with van der Waals surface area (Å²) in [6.45, 7) is 7.84. The molecule has 0 saturated carbocycles. The molecule has 5 heteroatoms. The highest BCUT2D eigenvalue weighted by molar-refractivity contribution is 7.85. The minimum Gasteiger partial charge on any atom is -0.457 e. The average molecular weight is 877 g/mol. The van der Waals surface area contributed by atoms with E-state index in [0.717, 1.165) is 99.4 Å². The van der Waals surface area contributed by atoms with Crippen molar-refractivity contribution in [3.05, 3.63) is 282 Å². The van der Waals surface area contributed by atoms with E-state index in [2.05, 4.69) is 167 Å². The first-order valence-corrected chi connectivity index (χ1v) is 24.2. The van der Waals surface area contributed by atoms with Gasteiger partial charge in [0.05, 0.1) is 23.0 Å². The van der Waals surface area contributed by atoms with Crippen molar-refractivity contribution in [2.45, 2.75) is 5.41 Å². The zero-order valence-corrected chi connectivity index (χ0v) is 37.2. The summed E-state index contributed by atoms with van der Waals surface area (Å²) in [5.41, 5.74) is 11.5. The molecular weight excluding hydrogens is 836 g/mol. The Hall–Kier alpha value is -8.48. The Balaban J connectivity index is 1.04. The van der Waals surface area contributed by atoms with Gasteiger partial charge in [-0.05, 0) is 99.4 Å². The molecule has 11 aromatic rings. The van der Waals surface area contributed by atoms with Crippen molar-refractivity contribution < 1.29 is 9.30 Å². The lowest BCUT2D eigenvalue weighted by Gasteiger charge is -2.42. The van der Waals surface area contributed by atoms with Gasteiger partial charge in [-0.1, -0.05) is 188 Å². The first-order valence-electron chi connectivity index (χ1n) is 22.5. The van der Waals surface area contributed by atoms with E-state index < -0.39 is 12.6 Å². The molecule has 0 bridgehead atoms. The third-order valence-corrected chi connectivity index (χ3v) is 16.5. The maximum atomic E-state index is 15.3. The highest BCUT2D eigenvalue weighted by Crippen LogP contribution is 2.57. The Kier molecular flexibility index (Phi) is 9.68. The maximum Gasteiger partial charge on any atom is 0.188 e. The molecule has 0 fully saturated rings. The van der Waals surface area contributed by atoms with E-state index in [1.54, 1.807) is 0 Å². The summed E-state index contributed by atoms with van der Waals surface area (Å²) < 4.78 is 24.5. The minimum atomic E-state index is -3.15. The van der Waals surface area contributed by atoms with Gasteiger partial charge in [-0.15, -0.1) is 0 Å². The summed E-state index contributed by atoms with van der Waals surface area (Å²) in [5.74, 6) is 1.58. The predicted molar refractivity (Wildman–Crippen MR) is 276 cm³/mol. The number of nitrogens with zero attached hydrogens (tertiary/aromatic N) is 2. The molecule has 0 amide bonds. The fraction of sp³-hybridized carbons (Fsp3) is 0.0161. The Morgan fingerprint density at radius 1 is 0.418 bits per heavy atom. The van der Waals surface area contributed by atoms with Crippen LogP contribution < -0.4 is 20.7 Å². The topological polar surface area (TPSA) is 35.6 Å². The summed E-state index contributed by atoms with van der Waals surface area (Å²) in [4.78, 5) is 3.81.